The Morgan fingerprint density at radius 3 is 2.89 bits per heavy atom. The second-order valence-electron chi connectivity index (χ2n) is 4.32. The van der Waals surface area contributed by atoms with Crippen molar-refractivity contribution in [1.82, 2.24) is 9.55 Å². The molecule has 0 fully saturated rings. The van der Waals surface area contributed by atoms with Crippen molar-refractivity contribution in [2.24, 2.45) is 0 Å². The molecule has 0 spiro atoms. The number of aryl methyl sites for hydroxylation is 1. The number of imidazole rings is 1. The molecule has 2 rings (SSSR count). The number of aromatic nitrogens is 2. The van der Waals surface area contributed by atoms with E-state index in [2.05, 4.69) is 63.8 Å². The van der Waals surface area contributed by atoms with Crippen LogP contribution in [0.5, 0.6) is 0 Å². The van der Waals surface area contributed by atoms with Crippen molar-refractivity contribution in [2.75, 3.05) is 5.33 Å². The lowest BCUT2D eigenvalue weighted by molar-refractivity contribution is 0.666. The molecule has 1 heterocycles. The van der Waals surface area contributed by atoms with Gasteiger partial charge in [-0.05, 0) is 25.0 Å². The number of fused-ring (bicyclic) bond motifs is 1. The number of para-hydroxylation sites is 2. The summed E-state index contributed by atoms with van der Waals surface area (Å²) in [5.74, 6) is 1.17. The lowest BCUT2D eigenvalue weighted by Gasteiger charge is -2.05. The minimum atomic E-state index is 0.918. The molecule has 0 N–H and O–H groups in total. The van der Waals surface area contributed by atoms with Crippen LogP contribution >= 0.6 is 15.9 Å². The maximum atomic E-state index is 4.73. The van der Waals surface area contributed by atoms with E-state index in [0.29, 0.717) is 0 Å². The summed E-state index contributed by atoms with van der Waals surface area (Å²) in [6.07, 6.45) is 7.56. The highest BCUT2D eigenvalue weighted by Crippen LogP contribution is 2.17. The van der Waals surface area contributed by atoms with Gasteiger partial charge in [0.1, 0.15) is 5.82 Å². The van der Waals surface area contributed by atoms with E-state index in [9.17, 15) is 0 Å². The molecule has 0 amide bonds. The molecule has 0 radical (unpaired) electrons. The third-order valence-corrected chi connectivity index (χ3v) is 3.38. The van der Waals surface area contributed by atoms with Crippen LogP contribution in [-0.4, -0.2) is 14.9 Å². The van der Waals surface area contributed by atoms with Crippen LogP contribution in [0.1, 0.15) is 25.6 Å². The summed E-state index contributed by atoms with van der Waals surface area (Å²) in [6.45, 7) is 3.25. The van der Waals surface area contributed by atoms with E-state index >= 15 is 0 Å². The molecule has 18 heavy (non-hydrogen) atoms. The molecule has 2 nitrogen and oxygen atoms in total. The minimum Gasteiger partial charge on any atom is -0.328 e. The van der Waals surface area contributed by atoms with E-state index in [1.54, 1.807) is 0 Å². The van der Waals surface area contributed by atoms with Gasteiger partial charge in [0.2, 0.25) is 0 Å². The average Bonchev–Trinajstić information content (AvgIpc) is 2.74. The van der Waals surface area contributed by atoms with Gasteiger partial charge in [0, 0.05) is 18.3 Å². The second-order valence-corrected chi connectivity index (χ2v) is 5.11. The van der Waals surface area contributed by atoms with E-state index in [-0.39, 0.29) is 0 Å². The third-order valence-electron chi connectivity index (χ3n) is 2.92. The van der Waals surface area contributed by atoms with Crippen molar-refractivity contribution in [3.63, 3.8) is 0 Å². The first-order valence-corrected chi connectivity index (χ1v) is 7.64. The summed E-state index contributed by atoms with van der Waals surface area (Å²) < 4.78 is 2.34. The van der Waals surface area contributed by atoms with E-state index in [1.165, 1.54) is 11.3 Å². The summed E-state index contributed by atoms with van der Waals surface area (Å²) in [5.41, 5.74) is 2.36. The van der Waals surface area contributed by atoms with Crippen molar-refractivity contribution in [1.29, 1.82) is 0 Å². The van der Waals surface area contributed by atoms with E-state index in [0.717, 1.165) is 36.7 Å². The molecular weight excluding hydrogens is 288 g/mol. The molecule has 0 unspecified atom stereocenters. The molecule has 3 heteroatoms. The van der Waals surface area contributed by atoms with Gasteiger partial charge in [-0.3, -0.25) is 0 Å². The molecule has 0 aliphatic carbocycles. The molecule has 0 saturated heterocycles. The second kappa shape index (κ2) is 6.74. The smallest absolute Gasteiger partial charge is 0.113 e. The zero-order valence-electron chi connectivity index (χ0n) is 10.8. The van der Waals surface area contributed by atoms with Gasteiger partial charge in [-0.15, -0.1) is 0 Å². The van der Waals surface area contributed by atoms with Crippen LogP contribution in [-0.2, 0) is 13.0 Å². The Hall–Kier alpha value is -1.09. The fraction of sp³-hybridized carbons (Fsp3) is 0.400. The van der Waals surface area contributed by atoms with Crippen LogP contribution in [0.2, 0.25) is 0 Å². The van der Waals surface area contributed by atoms with Gasteiger partial charge in [0.25, 0.3) is 0 Å². The molecule has 0 atom stereocenters. The number of alkyl halides is 1. The Bertz CT molecular complexity index is 528. The molecule has 0 bridgehead atoms. The van der Waals surface area contributed by atoms with E-state index in [1.807, 2.05) is 0 Å². The van der Waals surface area contributed by atoms with Crippen LogP contribution in [0, 0.1) is 0 Å². The van der Waals surface area contributed by atoms with Crippen molar-refractivity contribution in [3.8, 4) is 0 Å². The Labute approximate surface area is 117 Å². The largest absolute Gasteiger partial charge is 0.328 e. The summed E-state index contributed by atoms with van der Waals surface area (Å²) in [4.78, 5) is 4.73. The predicted octanol–water partition coefficient (Wildman–Crippen LogP) is 4.33. The summed E-state index contributed by atoms with van der Waals surface area (Å²) >= 11 is 3.43. The highest BCUT2D eigenvalue weighted by Gasteiger charge is 2.07. The Balaban J connectivity index is 2.27. The third kappa shape index (κ3) is 3.02. The number of hydrogen-bond donors (Lipinski definition) is 0. The minimum absolute atomic E-state index is 0.918. The molecule has 1 aromatic carbocycles. The highest BCUT2D eigenvalue weighted by atomic mass is 79.9. The van der Waals surface area contributed by atoms with Gasteiger partial charge in [-0.1, -0.05) is 47.1 Å². The molecule has 0 aliphatic heterocycles. The Kier molecular flexibility index (Phi) is 5.00. The summed E-state index contributed by atoms with van der Waals surface area (Å²) in [6, 6.07) is 8.38. The molecule has 2 aromatic rings. The van der Waals surface area contributed by atoms with Crippen molar-refractivity contribution >= 4 is 27.0 Å². The standard InChI is InChI=1S/C15H19BrN2/c1-2-12-18-14-9-6-5-8-13(14)17-15(18)10-4-3-7-11-16/h3-6,8-9H,2,7,10-12H2,1H3. The molecule has 96 valence electrons. The van der Waals surface area contributed by atoms with Crippen molar-refractivity contribution < 1.29 is 0 Å². The Morgan fingerprint density at radius 2 is 2.11 bits per heavy atom. The van der Waals surface area contributed by atoms with E-state index in [4.69, 9.17) is 4.98 Å². The summed E-state index contributed by atoms with van der Waals surface area (Å²) in [5, 5.41) is 1.02. The van der Waals surface area contributed by atoms with Crippen LogP contribution in [0.15, 0.2) is 36.4 Å². The normalized spacial score (nSPS) is 11.7. The van der Waals surface area contributed by atoms with E-state index < -0.39 is 0 Å². The number of rotatable bonds is 6. The Morgan fingerprint density at radius 1 is 1.28 bits per heavy atom. The van der Waals surface area contributed by atoms with Gasteiger partial charge in [0.05, 0.1) is 11.0 Å². The zero-order chi connectivity index (χ0) is 12.8. The number of benzene rings is 1. The highest BCUT2D eigenvalue weighted by molar-refractivity contribution is 9.09. The molecule has 1 aromatic heterocycles. The first-order chi connectivity index (χ1) is 8.86. The predicted molar refractivity (Wildman–Crippen MR) is 81.3 cm³/mol. The average molecular weight is 307 g/mol. The fourth-order valence-electron chi connectivity index (χ4n) is 2.12. The monoisotopic (exact) mass is 306 g/mol. The van der Waals surface area contributed by atoms with Gasteiger partial charge < -0.3 is 4.57 Å². The first-order valence-electron chi connectivity index (χ1n) is 6.52. The van der Waals surface area contributed by atoms with Crippen LogP contribution in [0.4, 0.5) is 0 Å². The van der Waals surface area contributed by atoms with Crippen LogP contribution in [0.25, 0.3) is 11.0 Å². The lowest BCUT2D eigenvalue weighted by atomic mass is 10.3. The van der Waals surface area contributed by atoms with Crippen molar-refractivity contribution in [2.45, 2.75) is 32.7 Å². The number of halogens is 1. The summed E-state index contributed by atoms with van der Waals surface area (Å²) in [7, 11) is 0. The maximum absolute atomic E-state index is 4.73. The van der Waals surface area contributed by atoms with Gasteiger partial charge in [0.15, 0.2) is 0 Å². The number of hydrogen-bond acceptors (Lipinski definition) is 1. The van der Waals surface area contributed by atoms with Gasteiger partial charge in [-0.2, -0.15) is 0 Å². The fourth-order valence-corrected chi connectivity index (χ4v) is 2.39. The quantitative estimate of drug-likeness (QED) is 0.574. The van der Waals surface area contributed by atoms with Gasteiger partial charge in [-0.25, -0.2) is 4.98 Å². The van der Waals surface area contributed by atoms with Crippen molar-refractivity contribution in [3.05, 3.63) is 42.2 Å². The maximum Gasteiger partial charge on any atom is 0.113 e. The zero-order valence-corrected chi connectivity index (χ0v) is 12.4. The van der Waals surface area contributed by atoms with Gasteiger partial charge >= 0.3 is 0 Å². The lowest BCUT2D eigenvalue weighted by Crippen LogP contribution is -2.02. The van der Waals surface area contributed by atoms with Crippen LogP contribution in [0.3, 0.4) is 0 Å². The molecular formula is C15H19BrN2. The van der Waals surface area contributed by atoms with Crippen LogP contribution < -0.4 is 0 Å². The SMILES string of the molecule is CCCn1c(CC=CCCBr)nc2ccccc21. The topological polar surface area (TPSA) is 17.8 Å². The first kappa shape index (κ1) is 13.3. The molecule has 0 aliphatic rings. The number of allylic oxidation sites excluding steroid dienone is 2. The molecule has 0 saturated carbocycles. The number of nitrogens with zero attached hydrogens (tertiary/aromatic N) is 2.